The third-order valence-corrected chi connectivity index (χ3v) is 3.27. The third-order valence-electron chi connectivity index (χ3n) is 3.27. The van der Waals surface area contributed by atoms with Crippen LogP contribution in [-0.4, -0.2) is 6.54 Å². The SMILES string of the molecule is CCCNC1c2c(F)ccc(F)c2CC1C. The second kappa shape index (κ2) is 4.50. The van der Waals surface area contributed by atoms with Crippen molar-refractivity contribution in [1.29, 1.82) is 0 Å². The van der Waals surface area contributed by atoms with Crippen molar-refractivity contribution in [3.63, 3.8) is 0 Å². The summed E-state index contributed by atoms with van der Waals surface area (Å²) in [6.45, 7) is 4.94. The molecule has 0 spiro atoms. The van der Waals surface area contributed by atoms with Crippen LogP contribution in [0.25, 0.3) is 0 Å². The summed E-state index contributed by atoms with van der Waals surface area (Å²) >= 11 is 0. The molecule has 1 aliphatic carbocycles. The highest BCUT2D eigenvalue weighted by Gasteiger charge is 2.33. The molecule has 1 nitrogen and oxygen atoms in total. The molecule has 2 atom stereocenters. The first kappa shape index (κ1) is 11.5. The molecule has 0 saturated carbocycles. The van der Waals surface area contributed by atoms with E-state index in [1.807, 2.05) is 6.92 Å². The van der Waals surface area contributed by atoms with Gasteiger partial charge in [0.25, 0.3) is 0 Å². The lowest BCUT2D eigenvalue weighted by atomic mass is 10.0. The van der Waals surface area contributed by atoms with Crippen molar-refractivity contribution in [3.05, 3.63) is 34.9 Å². The Morgan fingerprint density at radius 2 is 2.00 bits per heavy atom. The van der Waals surface area contributed by atoms with Crippen molar-refractivity contribution in [2.24, 2.45) is 5.92 Å². The van der Waals surface area contributed by atoms with E-state index < -0.39 is 0 Å². The Hall–Kier alpha value is -0.960. The van der Waals surface area contributed by atoms with E-state index in [1.165, 1.54) is 12.1 Å². The Bertz CT molecular complexity index is 390. The molecule has 16 heavy (non-hydrogen) atoms. The Kier molecular flexibility index (Phi) is 3.24. The maximum Gasteiger partial charge on any atom is 0.128 e. The third kappa shape index (κ3) is 1.84. The monoisotopic (exact) mass is 225 g/mol. The standard InChI is InChI=1S/C13H17F2N/c1-3-6-16-13-8(2)7-9-10(14)4-5-11(15)12(9)13/h4-5,8,13,16H,3,6-7H2,1-2H3. The lowest BCUT2D eigenvalue weighted by Gasteiger charge is -2.18. The lowest BCUT2D eigenvalue weighted by molar-refractivity contribution is 0.406. The minimum atomic E-state index is -0.283. The molecule has 0 radical (unpaired) electrons. The van der Waals surface area contributed by atoms with E-state index in [-0.39, 0.29) is 23.6 Å². The topological polar surface area (TPSA) is 12.0 Å². The minimum absolute atomic E-state index is 0.0364. The van der Waals surface area contributed by atoms with Crippen molar-refractivity contribution in [2.75, 3.05) is 6.54 Å². The number of rotatable bonds is 3. The smallest absolute Gasteiger partial charge is 0.128 e. The van der Waals surface area contributed by atoms with Gasteiger partial charge in [-0.25, -0.2) is 8.78 Å². The zero-order chi connectivity index (χ0) is 11.7. The highest BCUT2D eigenvalue weighted by Crippen LogP contribution is 2.38. The molecule has 2 unspecified atom stereocenters. The number of halogens is 2. The average Bonchev–Trinajstić information content (AvgIpc) is 2.59. The van der Waals surface area contributed by atoms with E-state index in [9.17, 15) is 8.78 Å². The van der Waals surface area contributed by atoms with Crippen LogP contribution in [0.3, 0.4) is 0 Å². The van der Waals surface area contributed by atoms with E-state index in [2.05, 4.69) is 12.2 Å². The Balaban J connectivity index is 2.35. The summed E-state index contributed by atoms with van der Waals surface area (Å²) in [6, 6.07) is 2.42. The quantitative estimate of drug-likeness (QED) is 0.833. The summed E-state index contributed by atoms with van der Waals surface area (Å²) in [7, 11) is 0. The van der Waals surface area contributed by atoms with Gasteiger partial charge in [-0.15, -0.1) is 0 Å². The number of fused-ring (bicyclic) bond motifs is 1. The molecular formula is C13H17F2N. The molecule has 0 fully saturated rings. The molecule has 0 heterocycles. The van der Waals surface area contributed by atoms with Gasteiger partial charge in [0.15, 0.2) is 0 Å². The molecular weight excluding hydrogens is 208 g/mol. The van der Waals surface area contributed by atoms with E-state index in [1.54, 1.807) is 0 Å². The van der Waals surface area contributed by atoms with Crippen LogP contribution in [0.1, 0.15) is 37.4 Å². The molecule has 1 N–H and O–H groups in total. The first-order valence-electron chi connectivity index (χ1n) is 5.85. The normalized spacial score (nSPS) is 23.5. The number of hydrogen-bond acceptors (Lipinski definition) is 1. The van der Waals surface area contributed by atoms with Crippen LogP contribution >= 0.6 is 0 Å². The Morgan fingerprint density at radius 3 is 2.69 bits per heavy atom. The number of hydrogen-bond donors (Lipinski definition) is 1. The molecule has 2 rings (SSSR count). The van der Waals surface area contributed by atoms with Gasteiger partial charge in [0.2, 0.25) is 0 Å². The van der Waals surface area contributed by atoms with Gasteiger partial charge in [-0.05, 0) is 43.0 Å². The van der Waals surface area contributed by atoms with Crippen molar-refractivity contribution in [1.82, 2.24) is 5.32 Å². The van der Waals surface area contributed by atoms with Crippen LogP contribution in [0.4, 0.5) is 8.78 Å². The van der Waals surface area contributed by atoms with Crippen LogP contribution < -0.4 is 5.32 Å². The predicted octanol–water partition coefficient (Wildman–Crippen LogP) is 3.20. The maximum atomic E-state index is 13.7. The molecule has 3 heteroatoms. The van der Waals surface area contributed by atoms with E-state index >= 15 is 0 Å². The summed E-state index contributed by atoms with van der Waals surface area (Å²) in [6.07, 6.45) is 1.62. The highest BCUT2D eigenvalue weighted by atomic mass is 19.1. The van der Waals surface area contributed by atoms with Gasteiger partial charge >= 0.3 is 0 Å². The van der Waals surface area contributed by atoms with Gasteiger partial charge in [-0.2, -0.15) is 0 Å². The first-order chi connectivity index (χ1) is 7.65. The minimum Gasteiger partial charge on any atom is -0.310 e. The summed E-state index contributed by atoms with van der Waals surface area (Å²) in [5.41, 5.74) is 1.10. The van der Waals surface area contributed by atoms with E-state index in [0.717, 1.165) is 13.0 Å². The summed E-state index contributed by atoms with van der Waals surface area (Å²) < 4.78 is 27.3. The molecule has 1 aromatic carbocycles. The van der Waals surface area contributed by atoms with Crippen molar-refractivity contribution >= 4 is 0 Å². The van der Waals surface area contributed by atoms with Crippen LogP contribution in [-0.2, 0) is 6.42 Å². The van der Waals surface area contributed by atoms with Crippen molar-refractivity contribution < 1.29 is 8.78 Å². The first-order valence-corrected chi connectivity index (χ1v) is 5.85. The maximum absolute atomic E-state index is 13.7. The molecule has 0 aromatic heterocycles. The van der Waals surface area contributed by atoms with Crippen LogP contribution in [0, 0.1) is 17.6 Å². The van der Waals surface area contributed by atoms with Crippen molar-refractivity contribution in [2.45, 2.75) is 32.7 Å². The second-order valence-electron chi connectivity index (χ2n) is 4.53. The van der Waals surface area contributed by atoms with Crippen molar-refractivity contribution in [3.8, 4) is 0 Å². The molecule has 0 saturated heterocycles. The molecule has 88 valence electrons. The van der Waals surface area contributed by atoms with Gasteiger partial charge in [0.05, 0.1) is 0 Å². The summed E-state index contributed by atoms with van der Waals surface area (Å²) in [5.74, 6) is -0.300. The Labute approximate surface area is 94.9 Å². The lowest BCUT2D eigenvalue weighted by Crippen LogP contribution is -2.25. The highest BCUT2D eigenvalue weighted by molar-refractivity contribution is 5.38. The molecule has 1 aromatic rings. The summed E-state index contributed by atoms with van der Waals surface area (Å²) in [5, 5.41) is 3.30. The summed E-state index contributed by atoms with van der Waals surface area (Å²) in [4.78, 5) is 0. The zero-order valence-electron chi connectivity index (χ0n) is 9.69. The molecule has 0 bridgehead atoms. The van der Waals surface area contributed by atoms with Gasteiger partial charge < -0.3 is 5.32 Å². The largest absolute Gasteiger partial charge is 0.310 e. The molecule has 0 amide bonds. The van der Waals surface area contributed by atoms with Crippen LogP contribution in [0.5, 0.6) is 0 Å². The van der Waals surface area contributed by atoms with E-state index in [4.69, 9.17) is 0 Å². The number of benzene rings is 1. The number of nitrogens with one attached hydrogen (secondary N) is 1. The van der Waals surface area contributed by atoms with Crippen LogP contribution in [0.2, 0.25) is 0 Å². The zero-order valence-corrected chi connectivity index (χ0v) is 9.69. The molecule has 1 aliphatic rings. The predicted molar refractivity (Wildman–Crippen MR) is 60.3 cm³/mol. The fourth-order valence-electron chi connectivity index (χ4n) is 2.48. The fraction of sp³-hybridized carbons (Fsp3) is 0.538. The van der Waals surface area contributed by atoms with Crippen LogP contribution in [0.15, 0.2) is 12.1 Å². The van der Waals surface area contributed by atoms with Gasteiger partial charge in [-0.3, -0.25) is 0 Å². The van der Waals surface area contributed by atoms with E-state index in [0.29, 0.717) is 17.5 Å². The van der Waals surface area contributed by atoms with Gasteiger partial charge in [0, 0.05) is 11.6 Å². The van der Waals surface area contributed by atoms with Gasteiger partial charge in [0.1, 0.15) is 11.6 Å². The fourth-order valence-corrected chi connectivity index (χ4v) is 2.48. The second-order valence-corrected chi connectivity index (χ2v) is 4.53. The van der Waals surface area contributed by atoms with Gasteiger partial charge in [-0.1, -0.05) is 13.8 Å². The molecule has 0 aliphatic heterocycles. The average molecular weight is 225 g/mol. The Morgan fingerprint density at radius 1 is 1.31 bits per heavy atom.